The second kappa shape index (κ2) is 11.3. The van der Waals surface area contributed by atoms with Crippen LogP contribution in [0.2, 0.25) is 0 Å². The number of nitrogens with one attached hydrogen (secondary N) is 2. The summed E-state index contributed by atoms with van der Waals surface area (Å²) in [6.45, 7) is 5.24. The van der Waals surface area contributed by atoms with Crippen LogP contribution in [0.3, 0.4) is 0 Å². The van der Waals surface area contributed by atoms with Gasteiger partial charge >= 0.3 is 0 Å². The summed E-state index contributed by atoms with van der Waals surface area (Å²) in [4.78, 5) is 37.1. The van der Waals surface area contributed by atoms with Gasteiger partial charge in [-0.25, -0.2) is 9.97 Å². The summed E-state index contributed by atoms with van der Waals surface area (Å²) < 4.78 is 5.42. The van der Waals surface area contributed by atoms with E-state index < -0.39 is 12.1 Å². The summed E-state index contributed by atoms with van der Waals surface area (Å²) in [6.07, 6.45) is 3.53. The van der Waals surface area contributed by atoms with Crippen molar-refractivity contribution < 1.29 is 19.4 Å². The monoisotopic (exact) mass is 515 g/mol. The third-order valence-electron chi connectivity index (χ3n) is 7.24. The first-order valence-electron chi connectivity index (χ1n) is 13.0. The minimum Gasteiger partial charge on any atom is -0.394 e. The van der Waals surface area contributed by atoms with Crippen molar-refractivity contribution in [2.45, 2.75) is 51.4 Å². The Morgan fingerprint density at radius 2 is 2.00 bits per heavy atom. The Morgan fingerprint density at radius 1 is 1.18 bits per heavy atom. The highest BCUT2D eigenvalue weighted by Gasteiger charge is 2.35. The van der Waals surface area contributed by atoms with Gasteiger partial charge in [-0.2, -0.15) is 0 Å². The maximum Gasteiger partial charge on any atom is 0.255 e. The third kappa shape index (κ3) is 5.54. The number of aromatic nitrogens is 2. The predicted molar refractivity (Wildman–Crippen MR) is 143 cm³/mol. The lowest BCUT2D eigenvalue weighted by Gasteiger charge is -2.26. The van der Waals surface area contributed by atoms with Gasteiger partial charge in [0.15, 0.2) is 0 Å². The number of ether oxygens (including phenoxy) is 1. The van der Waals surface area contributed by atoms with Crippen LogP contribution in [0.1, 0.15) is 52.9 Å². The molecule has 2 aromatic carbocycles. The lowest BCUT2D eigenvalue weighted by molar-refractivity contribution is -0.126. The number of rotatable bonds is 8. The molecule has 1 saturated heterocycles. The van der Waals surface area contributed by atoms with E-state index in [0.29, 0.717) is 18.1 Å². The minimum absolute atomic E-state index is 0.199. The molecule has 9 nitrogen and oxygen atoms in total. The number of benzene rings is 2. The Hall–Kier alpha value is -3.82. The molecule has 3 N–H and O–H groups in total. The number of aliphatic hydroxyl groups excluding tert-OH is 1. The van der Waals surface area contributed by atoms with E-state index in [9.17, 15) is 14.7 Å². The number of carbonyl (C=O) groups excluding carboxylic acids is 2. The molecule has 0 saturated carbocycles. The molecule has 2 atom stereocenters. The van der Waals surface area contributed by atoms with Crippen molar-refractivity contribution in [1.29, 1.82) is 0 Å². The van der Waals surface area contributed by atoms with Gasteiger partial charge in [-0.3, -0.25) is 9.59 Å². The molecule has 198 valence electrons. The molecular weight excluding hydrogens is 482 g/mol. The number of aryl methyl sites for hydroxylation is 1. The molecule has 1 fully saturated rings. The lowest BCUT2D eigenvalue weighted by Crippen LogP contribution is -2.46. The van der Waals surface area contributed by atoms with Crippen molar-refractivity contribution in [1.82, 2.24) is 20.2 Å². The Balaban J connectivity index is 1.28. The summed E-state index contributed by atoms with van der Waals surface area (Å²) in [7, 11) is 0. The number of nitrogens with zero attached hydrogens (tertiary/aromatic N) is 3. The van der Waals surface area contributed by atoms with Crippen LogP contribution >= 0.6 is 0 Å². The second-order valence-corrected chi connectivity index (χ2v) is 9.94. The molecule has 38 heavy (non-hydrogen) atoms. The van der Waals surface area contributed by atoms with E-state index in [0.717, 1.165) is 54.0 Å². The van der Waals surface area contributed by atoms with Gasteiger partial charge in [0, 0.05) is 43.1 Å². The van der Waals surface area contributed by atoms with Crippen molar-refractivity contribution in [3.8, 4) is 11.3 Å². The molecule has 0 bridgehead atoms. The summed E-state index contributed by atoms with van der Waals surface area (Å²) in [5.74, 6) is 0.0435. The van der Waals surface area contributed by atoms with Gasteiger partial charge in [-0.15, -0.1) is 0 Å². The van der Waals surface area contributed by atoms with E-state index >= 15 is 0 Å². The van der Waals surface area contributed by atoms with Crippen LogP contribution in [-0.4, -0.2) is 63.7 Å². The molecule has 0 spiro atoms. The van der Waals surface area contributed by atoms with Gasteiger partial charge in [0.1, 0.15) is 6.04 Å². The van der Waals surface area contributed by atoms with E-state index in [1.807, 2.05) is 55.5 Å². The molecule has 1 aromatic heterocycles. The predicted octanol–water partition coefficient (Wildman–Crippen LogP) is 3.24. The van der Waals surface area contributed by atoms with E-state index in [1.165, 1.54) is 0 Å². The quantitative estimate of drug-likeness (QED) is 0.422. The van der Waals surface area contributed by atoms with Gasteiger partial charge in [0.05, 0.1) is 18.3 Å². The minimum atomic E-state index is -0.702. The lowest BCUT2D eigenvalue weighted by atomic mass is 10.0. The third-order valence-corrected chi connectivity index (χ3v) is 7.24. The topological polar surface area (TPSA) is 117 Å². The number of hydrogen-bond donors (Lipinski definition) is 3. The fourth-order valence-corrected chi connectivity index (χ4v) is 4.96. The van der Waals surface area contributed by atoms with Gasteiger partial charge in [-0.1, -0.05) is 42.0 Å². The Morgan fingerprint density at radius 3 is 2.76 bits per heavy atom. The first kappa shape index (κ1) is 25.8. The van der Waals surface area contributed by atoms with Crippen molar-refractivity contribution >= 4 is 17.8 Å². The van der Waals surface area contributed by atoms with Crippen molar-refractivity contribution in [2.75, 3.05) is 25.1 Å². The highest BCUT2D eigenvalue weighted by molar-refractivity contribution is 6.02. The zero-order chi connectivity index (χ0) is 26.6. The van der Waals surface area contributed by atoms with Crippen LogP contribution in [0.5, 0.6) is 0 Å². The number of aliphatic hydroxyl groups is 1. The molecule has 2 aliphatic heterocycles. The summed E-state index contributed by atoms with van der Waals surface area (Å²) in [5, 5.41) is 16.2. The van der Waals surface area contributed by atoms with Crippen molar-refractivity contribution in [2.24, 2.45) is 0 Å². The summed E-state index contributed by atoms with van der Waals surface area (Å²) in [5.41, 5.74) is 4.83. The molecule has 2 aliphatic rings. The number of fused-ring (bicyclic) bond motifs is 1. The molecule has 2 amide bonds. The molecule has 0 radical (unpaired) electrons. The Bertz CT molecular complexity index is 1320. The van der Waals surface area contributed by atoms with Gasteiger partial charge in [0.2, 0.25) is 11.9 Å². The standard InChI is InChI=1S/C29H33N5O4/c1-18-4-3-5-20(14-18)26(17-35)32-27(36)19(2)34-16-22-7-6-21(15-24(22)28(34)37)25-8-11-30-29(33-25)31-23-9-12-38-13-10-23/h3-8,11,14-15,19,23,26,35H,9-10,12-13,16-17H2,1-2H3,(H,32,36)(H,30,31,33)/t19-,26-/m1/s1. The molecular formula is C29H33N5O4. The first-order chi connectivity index (χ1) is 18.4. The number of amides is 2. The molecule has 5 rings (SSSR count). The van der Waals surface area contributed by atoms with E-state index in [2.05, 4.69) is 20.6 Å². The van der Waals surface area contributed by atoms with Crippen LogP contribution in [0, 0.1) is 6.92 Å². The van der Waals surface area contributed by atoms with E-state index in [4.69, 9.17) is 4.74 Å². The highest BCUT2D eigenvalue weighted by atomic mass is 16.5. The van der Waals surface area contributed by atoms with Crippen LogP contribution in [-0.2, 0) is 16.1 Å². The highest BCUT2D eigenvalue weighted by Crippen LogP contribution is 2.30. The van der Waals surface area contributed by atoms with Crippen molar-refractivity contribution in [3.05, 3.63) is 77.0 Å². The maximum absolute atomic E-state index is 13.4. The average molecular weight is 516 g/mol. The van der Waals surface area contributed by atoms with Gasteiger partial charge in [0.25, 0.3) is 5.91 Å². The molecule has 3 heterocycles. The zero-order valence-corrected chi connectivity index (χ0v) is 21.7. The molecule has 0 aliphatic carbocycles. The van der Waals surface area contributed by atoms with E-state index in [-0.39, 0.29) is 24.5 Å². The zero-order valence-electron chi connectivity index (χ0n) is 21.7. The van der Waals surface area contributed by atoms with Crippen molar-refractivity contribution in [3.63, 3.8) is 0 Å². The Kier molecular flexibility index (Phi) is 7.67. The first-order valence-corrected chi connectivity index (χ1v) is 13.0. The molecule has 0 unspecified atom stereocenters. The number of hydrogen-bond acceptors (Lipinski definition) is 7. The molecule has 3 aromatic rings. The smallest absolute Gasteiger partial charge is 0.255 e. The average Bonchev–Trinajstić information content (AvgIpc) is 3.27. The summed E-state index contributed by atoms with van der Waals surface area (Å²) in [6, 6.07) is 14.2. The normalized spacial score (nSPS) is 17.1. The fraction of sp³-hybridized carbons (Fsp3) is 0.379. The van der Waals surface area contributed by atoms with Crippen LogP contribution in [0.15, 0.2) is 54.7 Å². The van der Waals surface area contributed by atoms with Gasteiger partial charge in [-0.05, 0) is 49.9 Å². The molecule has 9 heteroatoms. The summed E-state index contributed by atoms with van der Waals surface area (Å²) >= 11 is 0. The van der Waals surface area contributed by atoms with Gasteiger partial charge < -0.3 is 25.4 Å². The SMILES string of the molecule is Cc1cccc([C@@H](CO)NC(=O)[C@@H](C)N2Cc3ccc(-c4ccnc(NC5CCOCC5)n4)cc3C2=O)c1. The largest absolute Gasteiger partial charge is 0.394 e. The maximum atomic E-state index is 13.4. The second-order valence-electron chi connectivity index (χ2n) is 9.94. The van der Waals surface area contributed by atoms with Crippen LogP contribution < -0.4 is 10.6 Å². The van der Waals surface area contributed by atoms with E-state index in [1.54, 1.807) is 18.0 Å². The Labute approximate surface area is 222 Å². The number of carbonyl (C=O) groups is 2. The fourth-order valence-electron chi connectivity index (χ4n) is 4.96. The van der Waals surface area contributed by atoms with Crippen LogP contribution in [0.25, 0.3) is 11.3 Å². The van der Waals surface area contributed by atoms with Crippen LogP contribution in [0.4, 0.5) is 5.95 Å². The number of anilines is 1.